The van der Waals surface area contributed by atoms with Gasteiger partial charge in [-0.1, -0.05) is 0 Å². The lowest BCUT2D eigenvalue weighted by Gasteiger charge is -2.20. The number of methoxy groups -OCH3 is 1. The van der Waals surface area contributed by atoms with Crippen LogP contribution in [0, 0.1) is 0 Å². The first kappa shape index (κ1) is 13.6. The van der Waals surface area contributed by atoms with E-state index in [1.165, 1.54) is 0 Å². The molecular weight excluding hydrogens is 222 g/mol. The highest BCUT2D eigenvalue weighted by Gasteiger charge is 2.07. The number of aromatic nitrogens is 1. The van der Waals surface area contributed by atoms with Gasteiger partial charge in [-0.25, -0.2) is 4.98 Å². The maximum Gasteiger partial charge on any atom is 0.0795 e. The van der Waals surface area contributed by atoms with Crippen molar-refractivity contribution in [2.75, 3.05) is 27.3 Å². The molecule has 0 spiro atoms. The fourth-order valence-electron chi connectivity index (χ4n) is 1.64. The molecule has 0 aliphatic heterocycles. The third-order valence-corrected chi connectivity index (χ3v) is 3.02. The van der Waals surface area contributed by atoms with E-state index in [1.54, 1.807) is 18.4 Å². The first-order chi connectivity index (χ1) is 7.72. The molecule has 1 aromatic rings. The van der Waals surface area contributed by atoms with Crippen molar-refractivity contribution in [2.24, 2.45) is 5.73 Å². The minimum atomic E-state index is 0.221. The van der Waals surface area contributed by atoms with Crippen LogP contribution in [-0.4, -0.2) is 43.2 Å². The number of thiazole rings is 1. The fraction of sp³-hybridized carbons (Fsp3) is 0.727. The summed E-state index contributed by atoms with van der Waals surface area (Å²) < 4.78 is 5.00. The van der Waals surface area contributed by atoms with Crippen LogP contribution in [0.2, 0.25) is 0 Å². The molecule has 0 saturated carbocycles. The van der Waals surface area contributed by atoms with Gasteiger partial charge >= 0.3 is 0 Å². The van der Waals surface area contributed by atoms with Crippen molar-refractivity contribution in [1.82, 2.24) is 9.88 Å². The van der Waals surface area contributed by atoms with Gasteiger partial charge in [0, 0.05) is 38.2 Å². The van der Waals surface area contributed by atoms with Crippen LogP contribution >= 0.6 is 11.3 Å². The highest BCUT2D eigenvalue weighted by atomic mass is 32.1. The molecular formula is C11H21N3OS. The van der Waals surface area contributed by atoms with E-state index in [1.807, 2.05) is 5.51 Å². The van der Waals surface area contributed by atoms with E-state index in [4.69, 9.17) is 10.5 Å². The van der Waals surface area contributed by atoms with Crippen molar-refractivity contribution in [3.8, 4) is 0 Å². The van der Waals surface area contributed by atoms with Crippen molar-refractivity contribution >= 4 is 11.3 Å². The predicted octanol–water partition coefficient (Wildman–Crippen LogP) is 1.33. The maximum atomic E-state index is 6.03. The molecule has 1 aromatic heterocycles. The smallest absolute Gasteiger partial charge is 0.0795 e. The van der Waals surface area contributed by atoms with Gasteiger partial charge in [0.25, 0.3) is 0 Å². The standard InChI is InChI=1S/C11H21N3OS/c1-14(7-11-8-16-9-13-11)6-10(12)4-3-5-15-2/h8-10H,3-7,12H2,1-2H3. The van der Waals surface area contributed by atoms with Gasteiger partial charge in [-0.15, -0.1) is 11.3 Å². The number of rotatable bonds is 8. The molecule has 0 amide bonds. The monoisotopic (exact) mass is 243 g/mol. The van der Waals surface area contributed by atoms with Gasteiger partial charge in [0.2, 0.25) is 0 Å². The molecule has 0 aliphatic carbocycles. The molecule has 4 nitrogen and oxygen atoms in total. The second-order valence-corrected chi connectivity index (χ2v) is 4.79. The van der Waals surface area contributed by atoms with Crippen LogP contribution in [0.1, 0.15) is 18.5 Å². The molecule has 2 N–H and O–H groups in total. The van der Waals surface area contributed by atoms with E-state index in [9.17, 15) is 0 Å². The molecule has 0 aromatic carbocycles. The highest BCUT2D eigenvalue weighted by Crippen LogP contribution is 2.05. The SMILES string of the molecule is COCCCC(N)CN(C)Cc1cscn1. The van der Waals surface area contributed by atoms with E-state index in [0.717, 1.165) is 38.2 Å². The van der Waals surface area contributed by atoms with Crippen molar-refractivity contribution in [1.29, 1.82) is 0 Å². The van der Waals surface area contributed by atoms with Crippen LogP contribution in [-0.2, 0) is 11.3 Å². The zero-order valence-electron chi connectivity index (χ0n) is 10.1. The number of hydrogen-bond donors (Lipinski definition) is 1. The third kappa shape index (κ3) is 5.55. The number of nitrogens with zero attached hydrogens (tertiary/aromatic N) is 2. The molecule has 1 rings (SSSR count). The lowest BCUT2D eigenvalue weighted by molar-refractivity contribution is 0.187. The van der Waals surface area contributed by atoms with Gasteiger partial charge in [-0.05, 0) is 19.9 Å². The zero-order chi connectivity index (χ0) is 11.8. The van der Waals surface area contributed by atoms with E-state index >= 15 is 0 Å². The van der Waals surface area contributed by atoms with Crippen LogP contribution < -0.4 is 5.73 Å². The summed E-state index contributed by atoms with van der Waals surface area (Å²) in [5.74, 6) is 0. The van der Waals surface area contributed by atoms with Gasteiger partial charge in [-0.2, -0.15) is 0 Å². The number of ether oxygens (including phenoxy) is 1. The summed E-state index contributed by atoms with van der Waals surface area (Å²) in [6, 6.07) is 0.221. The Bertz CT molecular complexity index is 266. The summed E-state index contributed by atoms with van der Waals surface area (Å²) >= 11 is 1.63. The second kappa shape index (κ2) is 7.73. The molecule has 0 radical (unpaired) electrons. The molecule has 0 fully saturated rings. The lowest BCUT2D eigenvalue weighted by Crippen LogP contribution is -2.35. The molecule has 5 heteroatoms. The van der Waals surface area contributed by atoms with Crippen LogP contribution in [0.4, 0.5) is 0 Å². The Kier molecular flexibility index (Phi) is 6.56. The molecule has 1 unspecified atom stereocenters. The summed E-state index contributed by atoms with van der Waals surface area (Å²) in [7, 11) is 3.80. The Morgan fingerprint density at radius 3 is 3.06 bits per heavy atom. The van der Waals surface area contributed by atoms with Gasteiger partial charge < -0.3 is 10.5 Å². The van der Waals surface area contributed by atoms with Crippen LogP contribution in [0.3, 0.4) is 0 Å². The zero-order valence-corrected chi connectivity index (χ0v) is 10.9. The van der Waals surface area contributed by atoms with Gasteiger partial charge in [-0.3, -0.25) is 4.90 Å². The Labute approximate surface area is 101 Å². The number of nitrogens with two attached hydrogens (primary N) is 1. The highest BCUT2D eigenvalue weighted by molar-refractivity contribution is 7.07. The molecule has 92 valence electrons. The first-order valence-electron chi connectivity index (χ1n) is 5.52. The fourth-order valence-corrected chi connectivity index (χ4v) is 2.19. The van der Waals surface area contributed by atoms with E-state index in [2.05, 4.69) is 22.3 Å². The molecule has 1 atom stereocenters. The minimum Gasteiger partial charge on any atom is -0.385 e. The van der Waals surface area contributed by atoms with E-state index in [0.29, 0.717) is 0 Å². The summed E-state index contributed by atoms with van der Waals surface area (Å²) in [5.41, 5.74) is 9.01. The average molecular weight is 243 g/mol. The van der Waals surface area contributed by atoms with Crippen LogP contribution in [0.25, 0.3) is 0 Å². The Morgan fingerprint density at radius 1 is 1.62 bits per heavy atom. The number of hydrogen-bond acceptors (Lipinski definition) is 5. The van der Waals surface area contributed by atoms with E-state index in [-0.39, 0.29) is 6.04 Å². The van der Waals surface area contributed by atoms with Crippen molar-refractivity contribution in [2.45, 2.75) is 25.4 Å². The van der Waals surface area contributed by atoms with Gasteiger partial charge in [0.05, 0.1) is 11.2 Å². The van der Waals surface area contributed by atoms with Gasteiger partial charge in [0.15, 0.2) is 0 Å². The van der Waals surface area contributed by atoms with E-state index < -0.39 is 0 Å². The normalized spacial score (nSPS) is 13.2. The minimum absolute atomic E-state index is 0.221. The third-order valence-electron chi connectivity index (χ3n) is 2.38. The summed E-state index contributed by atoms with van der Waals surface area (Å²) in [6.45, 7) is 2.58. The Balaban J connectivity index is 2.15. The molecule has 1 heterocycles. The van der Waals surface area contributed by atoms with Crippen LogP contribution in [0.5, 0.6) is 0 Å². The van der Waals surface area contributed by atoms with Gasteiger partial charge in [0.1, 0.15) is 0 Å². The van der Waals surface area contributed by atoms with Crippen molar-refractivity contribution < 1.29 is 4.74 Å². The first-order valence-corrected chi connectivity index (χ1v) is 6.46. The Morgan fingerprint density at radius 2 is 2.44 bits per heavy atom. The average Bonchev–Trinajstić information content (AvgIpc) is 2.70. The lowest BCUT2D eigenvalue weighted by atomic mass is 10.1. The molecule has 0 bridgehead atoms. The summed E-state index contributed by atoms with van der Waals surface area (Å²) in [6.07, 6.45) is 2.04. The summed E-state index contributed by atoms with van der Waals surface area (Å²) in [5, 5.41) is 2.08. The number of likely N-dealkylation sites (N-methyl/N-ethyl adjacent to an activating group) is 1. The van der Waals surface area contributed by atoms with Crippen LogP contribution in [0.15, 0.2) is 10.9 Å². The molecule has 0 saturated heterocycles. The largest absolute Gasteiger partial charge is 0.385 e. The predicted molar refractivity (Wildman–Crippen MR) is 67.5 cm³/mol. The van der Waals surface area contributed by atoms with Crippen molar-refractivity contribution in [3.05, 3.63) is 16.6 Å². The molecule has 0 aliphatic rings. The quantitative estimate of drug-likeness (QED) is 0.700. The maximum absolute atomic E-state index is 6.03. The molecule has 16 heavy (non-hydrogen) atoms. The summed E-state index contributed by atoms with van der Waals surface area (Å²) in [4.78, 5) is 6.47. The topological polar surface area (TPSA) is 51.4 Å². The van der Waals surface area contributed by atoms with Crippen molar-refractivity contribution in [3.63, 3.8) is 0 Å². The second-order valence-electron chi connectivity index (χ2n) is 4.07. The Hall–Kier alpha value is -0.490.